The second-order valence-electron chi connectivity index (χ2n) is 13.6. The van der Waals surface area contributed by atoms with E-state index in [4.69, 9.17) is 15.2 Å². The summed E-state index contributed by atoms with van der Waals surface area (Å²) in [5.41, 5.74) is 6.14. The fourth-order valence-corrected chi connectivity index (χ4v) is 5.85. The molecule has 2 saturated heterocycles. The van der Waals surface area contributed by atoms with Crippen LogP contribution in [0.5, 0.6) is 5.75 Å². The average Bonchev–Trinajstić information content (AvgIpc) is 3.45. The number of alkyl carbamates (subject to hydrolysis) is 1. The van der Waals surface area contributed by atoms with Gasteiger partial charge in [-0.25, -0.2) is 4.79 Å². The number of urea groups is 1. The van der Waals surface area contributed by atoms with Crippen LogP contribution < -0.4 is 21.1 Å². The molecule has 45 heavy (non-hydrogen) atoms. The van der Waals surface area contributed by atoms with Gasteiger partial charge in [-0.2, -0.15) is 0 Å². The molecule has 4 N–H and O–H groups in total. The number of carbonyl (C=O) groups is 4. The van der Waals surface area contributed by atoms with E-state index in [0.29, 0.717) is 62.2 Å². The van der Waals surface area contributed by atoms with Gasteiger partial charge in [0.05, 0.1) is 6.61 Å². The highest BCUT2D eigenvalue weighted by Gasteiger charge is 2.38. The number of aryl methyl sites for hydroxylation is 1. The van der Waals surface area contributed by atoms with Gasteiger partial charge >= 0.3 is 6.09 Å². The fourth-order valence-electron chi connectivity index (χ4n) is 5.85. The molecule has 1 aromatic carbocycles. The summed E-state index contributed by atoms with van der Waals surface area (Å²) in [6, 6.07) is 3.35. The number of piperidine rings is 1. The van der Waals surface area contributed by atoms with Crippen LogP contribution in [-0.2, 0) is 14.3 Å². The number of nitrogens with zero attached hydrogens (tertiary/aromatic N) is 3. The molecule has 3 atom stereocenters. The quantitative estimate of drug-likeness (QED) is 0.255. The minimum atomic E-state index is -1.06. The lowest BCUT2D eigenvalue weighted by atomic mass is 9.84. The van der Waals surface area contributed by atoms with E-state index in [9.17, 15) is 24.6 Å². The van der Waals surface area contributed by atoms with Crippen LogP contribution in [0.2, 0.25) is 0 Å². The highest BCUT2D eigenvalue weighted by atomic mass is 16.6. The van der Waals surface area contributed by atoms with Crippen molar-refractivity contribution in [3.05, 3.63) is 34.7 Å². The molecule has 0 bridgehead atoms. The third kappa shape index (κ3) is 10.1. The maximum atomic E-state index is 13.7. The second kappa shape index (κ2) is 15.4. The number of hydrogen-bond donors (Lipinski definition) is 3. The number of hydrogen-bond acceptors (Lipinski definition) is 6. The summed E-state index contributed by atoms with van der Waals surface area (Å²) in [6.07, 6.45) is 3.02. The topological polar surface area (TPSA) is 166 Å². The van der Waals surface area contributed by atoms with Gasteiger partial charge in [0.1, 0.15) is 23.4 Å². The summed E-state index contributed by atoms with van der Waals surface area (Å²) in [5.74, 6) is 0.385. The minimum Gasteiger partial charge on any atom is -0.494 e. The van der Waals surface area contributed by atoms with Crippen molar-refractivity contribution in [2.45, 2.75) is 98.3 Å². The lowest BCUT2D eigenvalue weighted by Crippen LogP contribution is -2.49. The monoisotopic (exact) mass is 627 g/mol. The number of ether oxygens (including phenoxy) is 2. The molecule has 0 aliphatic carbocycles. The van der Waals surface area contributed by atoms with Crippen molar-refractivity contribution in [2.75, 3.05) is 26.2 Å². The van der Waals surface area contributed by atoms with E-state index in [0.717, 1.165) is 24.8 Å². The fraction of sp³-hybridized carbons (Fsp3) is 0.667. The first-order valence-corrected chi connectivity index (χ1v) is 16.0. The molecule has 0 radical (unpaired) electrons. The standard InChI is InChI=1S/C33H51N6O6/c1-20(2)28(34)37-31(42)38-16-12-23(13-17-38)21(3)14-18-44-24-10-11-25(22(4)19-24)27(36-32(43)45-33(5,6)7)30(41)39-15-8-9-26(39)29(35)40/h10-11,19-21,23,26-27H,8-9,12-18H2,1-7H3,(H4-,34,35,36,37,40,42,43)/q-1/t21-,26+,27?/m1/s1. The molecule has 1 aromatic rings. The second-order valence-corrected chi connectivity index (χ2v) is 13.6. The van der Waals surface area contributed by atoms with E-state index in [1.54, 1.807) is 37.8 Å². The van der Waals surface area contributed by atoms with Gasteiger partial charge in [-0.05, 0) is 101 Å². The molecular formula is C33H51N6O6-. The summed E-state index contributed by atoms with van der Waals surface area (Å²) in [4.78, 5) is 54.1. The summed E-state index contributed by atoms with van der Waals surface area (Å²) in [7, 11) is 0. The van der Waals surface area contributed by atoms with Crippen molar-refractivity contribution >= 4 is 29.8 Å². The zero-order valence-electron chi connectivity index (χ0n) is 27.9. The normalized spacial score (nSPS) is 18.7. The zero-order valence-corrected chi connectivity index (χ0v) is 27.9. The third-order valence-electron chi connectivity index (χ3n) is 8.58. The zero-order chi connectivity index (χ0) is 33.5. The molecule has 12 nitrogen and oxygen atoms in total. The molecule has 3 rings (SSSR count). The van der Waals surface area contributed by atoms with E-state index in [2.05, 4.69) is 17.6 Å². The molecule has 2 fully saturated rings. The molecule has 12 heteroatoms. The van der Waals surface area contributed by atoms with E-state index in [1.165, 1.54) is 4.90 Å². The Hall–Kier alpha value is -3.83. The first-order chi connectivity index (χ1) is 21.1. The average molecular weight is 628 g/mol. The molecule has 2 aliphatic rings. The molecule has 250 valence electrons. The highest BCUT2D eigenvalue weighted by Crippen LogP contribution is 2.30. The van der Waals surface area contributed by atoms with Crippen LogP contribution in [0, 0.1) is 24.7 Å². The maximum absolute atomic E-state index is 13.7. The Labute approximate surface area is 267 Å². The Kier molecular flexibility index (Phi) is 12.2. The van der Waals surface area contributed by atoms with Crippen LogP contribution in [0.3, 0.4) is 0 Å². The van der Waals surface area contributed by atoms with E-state index >= 15 is 0 Å². The number of primary amides is 1. The van der Waals surface area contributed by atoms with Crippen LogP contribution >= 0.6 is 0 Å². The van der Waals surface area contributed by atoms with Crippen LogP contribution in [0.15, 0.2) is 18.2 Å². The summed E-state index contributed by atoms with van der Waals surface area (Å²) >= 11 is 0. The van der Waals surface area contributed by atoms with Crippen LogP contribution in [-0.4, -0.2) is 77.5 Å². The molecule has 1 unspecified atom stereocenters. The van der Waals surface area contributed by atoms with Gasteiger partial charge in [0.15, 0.2) is 0 Å². The maximum Gasteiger partial charge on any atom is 0.408 e. The Bertz CT molecular complexity index is 1240. The molecule has 2 heterocycles. The van der Waals surface area contributed by atoms with Gasteiger partial charge in [-0.3, -0.25) is 14.4 Å². The minimum absolute atomic E-state index is 0.0133. The van der Waals surface area contributed by atoms with Gasteiger partial charge in [0.2, 0.25) is 11.9 Å². The summed E-state index contributed by atoms with van der Waals surface area (Å²) in [5, 5.41) is 15.2. The van der Waals surface area contributed by atoms with E-state index in [-0.39, 0.29) is 17.8 Å². The number of nitrogens with two attached hydrogens (primary N) is 1. The number of benzene rings is 1. The Morgan fingerprint density at radius 2 is 1.73 bits per heavy atom. The molecule has 0 aromatic heterocycles. The van der Waals surface area contributed by atoms with E-state index in [1.807, 2.05) is 26.8 Å². The SMILES string of the molecule is Cc1cc(OCC[C@@H](C)C2CCN(C(=O)NC(=[N-])C(C)C)CC2)ccc1C(NC(=O)OC(C)(C)C)C(=O)N1CCC[C@H]1C(N)=O. The van der Waals surface area contributed by atoms with Crippen molar-refractivity contribution in [3.63, 3.8) is 0 Å². The number of carbonyl (C=O) groups excluding carboxylic acids is 4. The molecule has 0 saturated carbocycles. The van der Waals surface area contributed by atoms with Gasteiger partial charge in [-0.15, -0.1) is 0 Å². The lowest BCUT2D eigenvalue weighted by Gasteiger charge is -2.37. The van der Waals surface area contributed by atoms with Gasteiger partial charge < -0.3 is 41.1 Å². The van der Waals surface area contributed by atoms with Gasteiger partial charge in [0.25, 0.3) is 5.91 Å². The van der Waals surface area contributed by atoms with Crippen molar-refractivity contribution in [1.29, 1.82) is 0 Å². The number of rotatable bonds is 10. The summed E-state index contributed by atoms with van der Waals surface area (Å²) in [6.45, 7) is 15.1. The lowest BCUT2D eigenvalue weighted by molar-refractivity contribution is -0.139. The van der Waals surface area contributed by atoms with Crippen LogP contribution in [0.25, 0.3) is 5.41 Å². The third-order valence-corrected chi connectivity index (χ3v) is 8.58. The summed E-state index contributed by atoms with van der Waals surface area (Å²) < 4.78 is 11.5. The van der Waals surface area contributed by atoms with Crippen molar-refractivity contribution in [2.24, 2.45) is 23.5 Å². The molecule has 5 amide bonds. The predicted octanol–water partition coefficient (Wildman–Crippen LogP) is 4.49. The molecule has 0 spiro atoms. The van der Waals surface area contributed by atoms with Crippen LogP contribution in [0.4, 0.5) is 9.59 Å². The van der Waals surface area contributed by atoms with Gasteiger partial charge in [0, 0.05) is 19.6 Å². The molecule has 2 aliphatic heterocycles. The largest absolute Gasteiger partial charge is 0.494 e. The Morgan fingerprint density at radius 1 is 1.07 bits per heavy atom. The number of amidine groups is 1. The van der Waals surface area contributed by atoms with Crippen molar-refractivity contribution in [3.8, 4) is 5.75 Å². The van der Waals surface area contributed by atoms with E-state index < -0.39 is 35.6 Å². The number of amides is 5. The highest BCUT2D eigenvalue weighted by molar-refractivity contribution is 6.00. The number of likely N-dealkylation sites (tertiary alicyclic amines) is 2. The number of nitrogens with one attached hydrogen (secondary N) is 2. The van der Waals surface area contributed by atoms with Crippen molar-refractivity contribution in [1.82, 2.24) is 20.4 Å². The Morgan fingerprint density at radius 3 is 2.31 bits per heavy atom. The smallest absolute Gasteiger partial charge is 0.408 e. The predicted molar refractivity (Wildman–Crippen MR) is 173 cm³/mol. The first kappa shape index (κ1) is 35.6. The first-order valence-electron chi connectivity index (χ1n) is 16.0. The molecular weight excluding hydrogens is 576 g/mol. The Balaban J connectivity index is 1.60. The van der Waals surface area contributed by atoms with Gasteiger partial charge in [-0.1, -0.05) is 32.7 Å². The van der Waals surface area contributed by atoms with Crippen molar-refractivity contribution < 1.29 is 28.7 Å². The van der Waals surface area contributed by atoms with Crippen LogP contribution in [0.1, 0.15) is 90.8 Å².